The lowest BCUT2D eigenvalue weighted by molar-refractivity contribution is 0.324. The summed E-state index contributed by atoms with van der Waals surface area (Å²) in [6.45, 7) is 5.11. The summed E-state index contributed by atoms with van der Waals surface area (Å²) < 4.78 is 18.2. The Labute approximate surface area is 211 Å². The first kappa shape index (κ1) is 27.2. The van der Waals surface area contributed by atoms with E-state index in [-0.39, 0.29) is 18.4 Å². The number of rotatable bonds is 10. The highest BCUT2D eigenvalue weighted by molar-refractivity contribution is 7.80. The number of hydrogen-bond acceptors (Lipinski definition) is 8. The van der Waals surface area contributed by atoms with Gasteiger partial charge in [0, 0.05) is 37.0 Å². The summed E-state index contributed by atoms with van der Waals surface area (Å²) in [4.78, 5) is 9.43. The van der Waals surface area contributed by atoms with Gasteiger partial charge in [0.1, 0.15) is 11.3 Å². The molecule has 0 fully saturated rings. The maximum absolute atomic E-state index is 5.88. The van der Waals surface area contributed by atoms with Gasteiger partial charge in [0.25, 0.3) is 0 Å². The molecule has 1 atom stereocenters. The van der Waals surface area contributed by atoms with Crippen LogP contribution >= 0.6 is 24.6 Å². The molecule has 0 spiro atoms. The van der Waals surface area contributed by atoms with Crippen molar-refractivity contribution in [2.45, 2.75) is 32.9 Å². The molecule has 3 aromatic rings. The number of aromatic nitrogens is 3. The molecule has 0 saturated carbocycles. The fourth-order valence-corrected chi connectivity index (χ4v) is 3.57. The predicted octanol–water partition coefficient (Wildman–Crippen LogP) is 3.67. The average molecular weight is 510 g/mol. The van der Waals surface area contributed by atoms with Gasteiger partial charge < -0.3 is 35.9 Å². The van der Waals surface area contributed by atoms with Crippen molar-refractivity contribution in [3.63, 3.8) is 0 Å². The molecule has 2 heterocycles. The lowest BCUT2D eigenvalue weighted by Crippen LogP contribution is -2.35. The Kier molecular flexibility index (Phi) is 9.97. The lowest BCUT2D eigenvalue weighted by atomic mass is 10.2. The normalized spacial score (nSPS) is 11.4. The van der Waals surface area contributed by atoms with E-state index < -0.39 is 0 Å². The molecule has 0 bridgehead atoms. The maximum Gasteiger partial charge on any atom is 0.209 e. The Bertz CT molecular complexity index is 1100. The van der Waals surface area contributed by atoms with Crippen LogP contribution in [0.15, 0.2) is 24.3 Å². The molecule has 5 N–H and O–H groups in total. The SMILES string of the molecule is CCC(C)NC(=S)Nc1ccc2nc(Nc3cc(OC)c(OC)c(OC)c3)n(CCN)c2n1.Cl. The van der Waals surface area contributed by atoms with Gasteiger partial charge in [-0.15, -0.1) is 12.4 Å². The largest absolute Gasteiger partial charge is 0.493 e. The molecule has 0 radical (unpaired) electrons. The Morgan fingerprint density at radius 1 is 1.12 bits per heavy atom. The molecule has 2 aromatic heterocycles. The zero-order valence-corrected chi connectivity index (χ0v) is 21.6. The first-order valence-corrected chi connectivity index (χ1v) is 11.1. The fourth-order valence-electron chi connectivity index (χ4n) is 3.27. The van der Waals surface area contributed by atoms with Crippen molar-refractivity contribution >= 4 is 58.4 Å². The van der Waals surface area contributed by atoms with Crippen LogP contribution in [0.2, 0.25) is 0 Å². The number of ether oxygens (including phenoxy) is 3. The number of pyridine rings is 1. The average Bonchev–Trinajstić information content (AvgIpc) is 3.14. The van der Waals surface area contributed by atoms with Crippen molar-refractivity contribution < 1.29 is 14.2 Å². The number of fused-ring (bicyclic) bond motifs is 1. The number of hydrogen-bond donors (Lipinski definition) is 4. The zero-order valence-electron chi connectivity index (χ0n) is 20.0. The van der Waals surface area contributed by atoms with E-state index in [1.165, 1.54) is 0 Å². The molecular formula is C22H32ClN7O3S. The highest BCUT2D eigenvalue weighted by Crippen LogP contribution is 2.40. The quantitative estimate of drug-likeness (QED) is 0.301. The zero-order chi connectivity index (χ0) is 24.0. The number of benzene rings is 1. The van der Waals surface area contributed by atoms with Crippen LogP contribution < -0.4 is 35.9 Å². The van der Waals surface area contributed by atoms with Crippen LogP contribution in [0.5, 0.6) is 17.2 Å². The standard InChI is InChI=1S/C22H31N7O3S.ClH/c1-6-13(2)24-22(33)28-18-8-7-15-20(27-18)29(10-9-23)21(26-15)25-14-11-16(30-3)19(32-5)17(12-14)31-4;/h7-8,11-13H,6,9-10,23H2,1-5H3,(H,25,26)(H2,24,27,28,33);1H. The van der Waals surface area contributed by atoms with Crippen LogP contribution in [-0.4, -0.2) is 53.6 Å². The van der Waals surface area contributed by atoms with E-state index in [1.54, 1.807) is 21.3 Å². The van der Waals surface area contributed by atoms with Crippen LogP contribution in [0.1, 0.15) is 20.3 Å². The Hall–Kier alpha value is -3.02. The third-order valence-corrected chi connectivity index (χ3v) is 5.32. The van der Waals surface area contributed by atoms with Crippen LogP contribution in [0.3, 0.4) is 0 Å². The molecule has 0 amide bonds. The van der Waals surface area contributed by atoms with Crippen LogP contribution in [-0.2, 0) is 6.54 Å². The van der Waals surface area contributed by atoms with Crippen LogP contribution in [0, 0.1) is 0 Å². The first-order valence-electron chi connectivity index (χ1n) is 10.7. The number of thiocarbonyl (C=S) groups is 1. The van der Waals surface area contributed by atoms with Gasteiger partial charge in [-0.25, -0.2) is 9.97 Å². The van der Waals surface area contributed by atoms with Gasteiger partial charge in [0.2, 0.25) is 11.7 Å². The molecule has 1 unspecified atom stereocenters. The van der Waals surface area contributed by atoms with E-state index in [1.807, 2.05) is 28.8 Å². The Morgan fingerprint density at radius 3 is 2.35 bits per heavy atom. The molecule has 0 aliphatic rings. The van der Waals surface area contributed by atoms with Gasteiger partial charge in [0.15, 0.2) is 22.3 Å². The van der Waals surface area contributed by atoms with Crippen LogP contribution in [0.25, 0.3) is 11.2 Å². The molecule has 0 aliphatic carbocycles. The summed E-state index contributed by atoms with van der Waals surface area (Å²) in [6.07, 6.45) is 0.966. The van der Waals surface area contributed by atoms with Crippen molar-refractivity contribution in [1.29, 1.82) is 0 Å². The van der Waals surface area contributed by atoms with E-state index in [4.69, 9.17) is 42.1 Å². The molecule has 34 heavy (non-hydrogen) atoms. The number of methoxy groups -OCH3 is 3. The lowest BCUT2D eigenvalue weighted by Gasteiger charge is -2.16. The van der Waals surface area contributed by atoms with E-state index >= 15 is 0 Å². The second-order valence-electron chi connectivity index (χ2n) is 7.36. The van der Waals surface area contributed by atoms with E-state index in [0.29, 0.717) is 52.9 Å². The van der Waals surface area contributed by atoms with Gasteiger partial charge in [-0.3, -0.25) is 4.57 Å². The summed E-state index contributed by atoms with van der Waals surface area (Å²) in [6, 6.07) is 7.63. The van der Waals surface area contributed by atoms with Crippen molar-refractivity contribution in [2.75, 3.05) is 38.5 Å². The fraction of sp³-hybridized carbons (Fsp3) is 0.409. The smallest absolute Gasteiger partial charge is 0.209 e. The number of nitrogens with one attached hydrogen (secondary N) is 3. The monoisotopic (exact) mass is 509 g/mol. The molecule has 1 aromatic carbocycles. The minimum absolute atomic E-state index is 0. The van der Waals surface area contributed by atoms with Gasteiger partial charge in [-0.2, -0.15) is 0 Å². The predicted molar refractivity (Wildman–Crippen MR) is 142 cm³/mol. The molecule has 0 aliphatic heterocycles. The molecular weight excluding hydrogens is 478 g/mol. The van der Waals surface area contributed by atoms with Gasteiger partial charge >= 0.3 is 0 Å². The molecule has 0 saturated heterocycles. The highest BCUT2D eigenvalue weighted by atomic mass is 35.5. The van der Waals surface area contributed by atoms with Crippen molar-refractivity contribution in [1.82, 2.24) is 19.9 Å². The number of nitrogens with two attached hydrogens (primary N) is 1. The van der Waals surface area contributed by atoms with Crippen LogP contribution in [0.4, 0.5) is 17.5 Å². The summed E-state index contributed by atoms with van der Waals surface area (Å²) in [5.41, 5.74) is 8.02. The highest BCUT2D eigenvalue weighted by Gasteiger charge is 2.17. The number of anilines is 3. The second kappa shape index (κ2) is 12.4. The maximum atomic E-state index is 5.88. The molecule has 10 nitrogen and oxygen atoms in total. The number of nitrogens with zero attached hydrogens (tertiary/aromatic N) is 3. The minimum atomic E-state index is 0. The summed E-state index contributed by atoms with van der Waals surface area (Å²) in [5.74, 6) is 2.80. The van der Waals surface area contributed by atoms with E-state index in [9.17, 15) is 0 Å². The third-order valence-electron chi connectivity index (χ3n) is 5.10. The minimum Gasteiger partial charge on any atom is -0.493 e. The molecule has 3 rings (SSSR count). The third kappa shape index (κ3) is 6.10. The van der Waals surface area contributed by atoms with Gasteiger partial charge in [-0.1, -0.05) is 6.92 Å². The molecule has 12 heteroatoms. The van der Waals surface area contributed by atoms with Crippen molar-refractivity contribution in [3.8, 4) is 17.2 Å². The Morgan fingerprint density at radius 2 is 1.79 bits per heavy atom. The second-order valence-corrected chi connectivity index (χ2v) is 7.77. The van der Waals surface area contributed by atoms with E-state index in [0.717, 1.165) is 17.6 Å². The van der Waals surface area contributed by atoms with Gasteiger partial charge in [0.05, 0.1) is 21.3 Å². The van der Waals surface area contributed by atoms with Gasteiger partial charge in [-0.05, 0) is 37.7 Å². The first-order chi connectivity index (χ1) is 15.9. The van der Waals surface area contributed by atoms with Crippen molar-refractivity contribution in [2.24, 2.45) is 5.73 Å². The Balaban J connectivity index is 0.00000408. The topological polar surface area (TPSA) is 121 Å². The number of halogens is 1. The molecule has 186 valence electrons. The summed E-state index contributed by atoms with van der Waals surface area (Å²) >= 11 is 5.39. The van der Waals surface area contributed by atoms with Crippen molar-refractivity contribution in [3.05, 3.63) is 24.3 Å². The van der Waals surface area contributed by atoms with E-state index in [2.05, 4.69) is 29.8 Å². The summed E-state index contributed by atoms with van der Waals surface area (Å²) in [5, 5.41) is 10.2. The number of imidazole rings is 1. The summed E-state index contributed by atoms with van der Waals surface area (Å²) in [7, 11) is 4.71.